The lowest BCUT2D eigenvalue weighted by Gasteiger charge is -2.29. The molecule has 1 aliphatic carbocycles. The Morgan fingerprint density at radius 1 is 1.23 bits per heavy atom. The van der Waals surface area contributed by atoms with Crippen molar-refractivity contribution in [3.63, 3.8) is 0 Å². The van der Waals surface area contributed by atoms with Crippen molar-refractivity contribution in [2.75, 3.05) is 11.6 Å². The standard InChI is InChI=1S/C16H22ClNO3S/c1-10-15(11(2)19)8-12(17)9-16(10)18-13-4-6-14(7-5-13)22(3,20)21/h8-9,13-14,18H,4-7H2,1-3H3. The van der Waals surface area contributed by atoms with Gasteiger partial charge in [-0.1, -0.05) is 11.6 Å². The Labute approximate surface area is 137 Å². The van der Waals surface area contributed by atoms with Gasteiger partial charge in [0.2, 0.25) is 0 Å². The van der Waals surface area contributed by atoms with Crippen molar-refractivity contribution < 1.29 is 13.2 Å². The van der Waals surface area contributed by atoms with Crippen LogP contribution in [-0.2, 0) is 9.84 Å². The SMILES string of the molecule is CC(=O)c1cc(Cl)cc(NC2CCC(S(C)(=O)=O)CC2)c1C. The fraction of sp³-hybridized carbons (Fsp3) is 0.562. The lowest BCUT2D eigenvalue weighted by Crippen LogP contribution is -2.32. The first-order valence-corrected chi connectivity index (χ1v) is 9.78. The molecule has 4 nitrogen and oxygen atoms in total. The van der Waals surface area contributed by atoms with Crippen LogP contribution in [0.25, 0.3) is 0 Å². The molecule has 0 spiro atoms. The summed E-state index contributed by atoms with van der Waals surface area (Å²) in [5, 5.41) is 3.73. The molecule has 122 valence electrons. The first-order chi connectivity index (χ1) is 10.2. The molecular formula is C16H22ClNO3S. The van der Waals surface area contributed by atoms with Crippen molar-refractivity contribution in [3.8, 4) is 0 Å². The highest BCUT2D eigenvalue weighted by Crippen LogP contribution is 2.30. The van der Waals surface area contributed by atoms with Crippen LogP contribution < -0.4 is 5.32 Å². The number of sulfone groups is 1. The van der Waals surface area contributed by atoms with E-state index in [0.29, 0.717) is 23.4 Å². The van der Waals surface area contributed by atoms with Gasteiger partial charge in [-0.05, 0) is 57.2 Å². The van der Waals surface area contributed by atoms with E-state index in [-0.39, 0.29) is 17.1 Å². The van der Waals surface area contributed by atoms with Gasteiger partial charge in [-0.25, -0.2) is 8.42 Å². The molecule has 0 radical (unpaired) electrons. The van der Waals surface area contributed by atoms with Crippen molar-refractivity contribution in [1.82, 2.24) is 0 Å². The van der Waals surface area contributed by atoms with E-state index in [1.54, 1.807) is 6.07 Å². The number of carbonyl (C=O) groups is 1. The number of anilines is 1. The van der Waals surface area contributed by atoms with E-state index in [1.807, 2.05) is 13.0 Å². The third kappa shape index (κ3) is 4.02. The molecule has 0 bridgehead atoms. The maximum atomic E-state index is 11.7. The molecule has 1 saturated carbocycles. The summed E-state index contributed by atoms with van der Waals surface area (Å²) in [6, 6.07) is 3.73. The molecule has 1 fully saturated rings. The summed E-state index contributed by atoms with van der Waals surface area (Å²) in [7, 11) is -2.95. The molecule has 6 heteroatoms. The maximum Gasteiger partial charge on any atom is 0.160 e. The van der Waals surface area contributed by atoms with Crippen LogP contribution in [0.4, 0.5) is 5.69 Å². The summed E-state index contributed by atoms with van der Waals surface area (Å²) in [6.45, 7) is 3.43. The van der Waals surface area contributed by atoms with E-state index in [0.717, 1.165) is 24.1 Å². The molecule has 0 heterocycles. The molecule has 1 aromatic carbocycles. The Bertz CT molecular complexity index is 677. The van der Waals surface area contributed by atoms with Crippen molar-refractivity contribution in [3.05, 3.63) is 28.3 Å². The number of hydrogen-bond acceptors (Lipinski definition) is 4. The van der Waals surface area contributed by atoms with Gasteiger partial charge in [0.25, 0.3) is 0 Å². The number of benzene rings is 1. The zero-order chi connectivity index (χ0) is 16.5. The van der Waals surface area contributed by atoms with Crippen LogP contribution in [0, 0.1) is 6.92 Å². The number of nitrogens with one attached hydrogen (secondary N) is 1. The minimum atomic E-state index is -2.95. The zero-order valence-corrected chi connectivity index (χ0v) is 14.7. The first-order valence-electron chi connectivity index (χ1n) is 7.45. The van der Waals surface area contributed by atoms with E-state index in [4.69, 9.17) is 11.6 Å². The number of halogens is 1. The highest BCUT2D eigenvalue weighted by atomic mass is 35.5. The van der Waals surface area contributed by atoms with Crippen molar-refractivity contribution in [2.24, 2.45) is 0 Å². The average Bonchev–Trinajstić information content (AvgIpc) is 2.41. The van der Waals surface area contributed by atoms with Gasteiger partial charge < -0.3 is 5.32 Å². The topological polar surface area (TPSA) is 63.2 Å². The van der Waals surface area contributed by atoms with Crippen molar-refractivity contribution in [1.29, 1.82) is 0 Å². The van der Waals surface area contributed by atoms with Gasteiger partial charge in [-0.15, -0.1) is 0 Å². The number of hydrogen-bond donors (Lipinski definition) is 1. The molecule has 0 amide bonds. The summed E-state index contributed by atoms with van der Waals surface area (Å²) >= 11 is 6.10. The Balaban J connectivity index is 2.11. The van der Waals surface area contributed by atoms with Crippen LogP contribution in [0.3, 0.4) is 0 Å². The monoisotopic (exact) mass is 343 g/mol. The Kier molecular flexibility index (Phi) is 5.17. The zero-order valence-electron chi connectivity index (χ0n) is 13.1. The third-order valence-corrected chi connectivity index (χ3v) is 6.29. The van der Waals surface area contributed by atoms with Gasteiger partial charge in [0.05, 0.1) is 5.25 Å². The van der Waals surface area contributed by atoms with Crippen molar-refractivity contribution >= 4 is 32.9 Å². The summed E-state index contributed by atoms with van der Waals surface area (Å²) in [4.78, 5) is 11.7. The lowest BCUT2D eigenvalue weighted by atomic mass is 9.94. The number of ketones is 1. The number of rotatable bonds is 4. The molecular weight excluding hydrogens is 322 g/mol. The van der Waals surface area contributed by atoms with Crippen LogP contribution in [0.2, 0.25) is 5.02 Å². The fourth-order valence-corrected chi connectivity index (χ4v) is 4.40. The van der Waals surface area contributed by atoms with Crippen LogP contribution in [-0.4, -0.2) is 31.7 Å². The van der Waals surface area contributed by atoms with Crippen LogP contribution in [0.5, 0.6) is 0 Å². The molecule has 2 rings (SSSR count). The molecule has 0 aliphatic heterocycles. The van der Waals surface area contributed by atoms with Crippen LogP contribution in [0.1, 0.15) is 48.5 Å². The Morgan fingerprint density at radius 3 is 2.32 bits per heavy atom. The van der Waals surface area contributed by atoms with Gasteiger partial charge in [0.1, 0.15) is 9.84 Å². The molecule has 1 aromatic rings. The molecule has 0 saturated heterocycles. The van der Waals surface area contributed by atoms with E-state index in [9.17, 15) is 13.2 Å². The number of Topliss-reactive ketones (excluding diaryl/α,β-unsaturated/α-hetero) is 1. The van der Waals surface area contributed by atoms with E-state index < -0.39 is 9.84 Å². The molecule has 1 N–H and O–H groups in total. The summed E-state index contributed by atoms with van der Waals surface area (Å²) < 4.78 is 23.2. The normalized spacial score (nSPS) is 22.4. The van der Waals surface area contributed by atoms with Crippen LogP contribution >= 0.6 is 11.6 Å². The summed E-state index contributed by atoms with van der Waals surface area (Å²) in [5.74, 6) is -0.0103. The van der Waals surface area contributed by atoms with Gasteiger partial charge in [0.15, 0.2) is 5.78 Å². The Morgan fingerprint density at radius 2 is 1.82 bits per heavy atom. The minimum Gasteiger partial charge on any atom is -0.382 e. The van der Waals surface area contributed by atoms with Gasteiger partial charge in [-0.3, -0.25) is 4.79 Å². The fourth-order valence-electron chi connectivity index (χ4n) is 3.05. The quantitative estimate of drug-likeness (QED) is 0.848. The van der Waals surface area contributed by atoms with E-state index in [1.165, 1.54) is 13.2 Å². The first kappa shape index (κ1) is 17.3. The number of carbonyl (C=O) groups excluding carboxylic acids is 1. The third-order valence-electron chi connectivity index (χ3n) is 4.39. The molecule has 0 unspecified atom stereocenters. The summed E-state index contributed by atoms with van der Waals surface area (Å²) in [6.07, 6.45) is 4.27. The molecule has 0 atom stereocenters. The van der Waals surface area contributed by atoms with Crippen LogP contribution in [0.15, 0.2) is 12.1 Å². The largest absolute Gasteiger partial charge is 0.382 e. The highest BCUT2D eigenvalue weighted by molar-refractivity contribution is 7.91. The minimum absolute atomic E-state index is 0.0103. The second kappa shape index (κ2) is 6.59. The Hall–Kier alpha value is -1.07. The predicted molar refractivity (Wildman–Crippen MR) is 90.7 cm³/mol. The summed E-state index contributed by atoms with van der Waals surface area (Å²) in [5.41, 5.74) is 2.38. The maximum absolute atomic E-state index is 11.7. The highest BCUT2D eigenvalue weighted by Gasteiger charge is 2.28. The van der Waals surface area contributed by atoms with E-state index in [2.05, 4.69) is 5.32 Å². The van der Waals surface area contributed by atoms with Gasteiger partial charge >= 0.3 is 0 Å². The van der Waals surface area contributed by atoms with Gasteiger partial charge in [-0.2, -0.15) is 0 Å². The average molecular weight is 344 g/mol. The molecule has 22 heavy (non-hydrogen) atoms. The molecule has 1 aliphatic rings. The lowest BCUT2D eigenvalue weighted by molar-refractivity contribution is 0.101. The predicted octanol–water partition coefficient (Wildman–Crippen LogP) is 3.62. The second-order valence-corrected chi connectivity index (χ2v) is 8.89. The second-order valence-electron chi connectivity index (χ2n) is 6.13. The van der Waals surface area contributed by atoms with Crippen molar-refractivity contribution in [2.45, 2.75) is 50.8 Å². The van der Waals surface area contributed by atoms with Gasteiger partial charge in [0, 0.05) is 28.6 Å². The molecule has 0 aromatic heterocycles. The van der Waals surface area contributed by atoms with E-state index >= 15 is 0 Å². The smallest absolute Gasteiger partial charge is 0.160 e.